The third-order valence-electron chi connectivity index (χ3n) is 5.44. The van der Waals surface area contributed by atoms with Crippen LogP contribution in [0.3, 0.4) is 0 Å². The molecule has 1 aliphatic heterocycles. The van der Waals surface area contributed by atoms with Crippen LogP contribution in [-0.2, 0) is 0 Å². The summed E-state index contributed by atoms with van der Waals surface area (Å²) >= 11 is 6.10. The molecular weight excluding hydrogens is 416 g/mol. The number of H-pyrrole nitrogens is 1. The van der Waals surface area contributed by atoms with Crippen LogP contribution in [0.4, 0.5) is 0 Å². The average Bonchev–Trinajstić information content (AvgIpc) is 3.13. The molecule has 0 aliphatic carbocycles. The normalized spacial score (nSPS) is 15.8. The number of hydrogen-bond acceptors (Lipinski definition) is 4. The molecule has 0 fully saturated rings. The van der Waals surface area contributed by atoms with E-state index in [1.807, 2.05) is 30.0 Å². The fourth-order valence-electron chi connectivity index (χ4n) is 3.79. The van der Waals surface area contributed by atoms with Crippen molar-refractivity contribution in [3.63, 3.8) is 0 Å². The fourth-order valence-corrected chi connectivity index (χ4v) is 3.96. The maximum atomic E-state index is 13.2. The molecule has 0 atom stereocenters. The lowest BCUT2D eigenvalue weighted by molar-refractivity contribution is 0.0704. The minimum absolute atomic E-state index is 0.0458. The number of carbonyl (C=O) groups is 2. The van der Waals surface area contributed by atoms with Crippen molar-refractivity contribution < 1.29 is 14.3 Å². The van der Waals surface area contributed by atoms with Crippen LogP contribution in [0.5, 0.6) is 5.75 Å². The summed E-state index contributed by atoms with van der Waals surface area (Å²) in [6.07, 6.45) is 1.58. The fraction of sp³-hybridized carbons (Fsp3) is 0.348. The van der Waals surface area contributed by atoms with Gasteiger partial charge in [-0.2, -0.15) is 0 Å². The number of imidazole rings is 1. The highest BCUT2D eigenvalue weighted by atomic mass is 35.5. The molecule has 1 aliphatic rings. The first-order valence-electron chi connectivity index (χ1n) is 10.4. The molecule has 31 heavy (non-hydrogen) atoms. The molecule has 162 valence electrons. The predicted octanol–water partition coefficient (Wildman–Crippen LogP) is 3.91. The summed E-state index contributed by atoms with van der Waals surface area (Å²) < 4.78 is 5.91. The van der Waals surface area contributed by atoms with Gasteiger partial charge >= 0.3 is 0 Å². The molecule has 8 heteroatoms. The third-order valence-corrected chi connectivity index (χ3v) is 5.68. The Morgan fingerprint density at radius 2 is 1.94 bits per heavy atom. The van der Waals surface area contributed by atoms with Crippen LogP contribution in [0.15, 0.2) is 36.4 Å². The average molecular weight is 441 g/mol. The van der Waals surface area contributed by atoms with E-state index >= 15 is 0 Å². The van der Waals surface area contributed by atoms with Gasteiger partial charge < -0.3 is 19.5 Å². The number of halogens is 1. The molecule has 3 aromatic rings. The van der Waals surface area contributed by atoms with E-state index in [1.54, 1.807) is 30.1 Å². The lowest BCUT2D eigenvalue weighted by Gasteiger charge is -2.26. The first-order chi connectivity index (χ1) is 14.9. The van der Waals surface area contributed by atoms with Gasteiger partial charge in [0.2, 0.25) is 0 Å². The standard InChI is InChI=1S/C23H25ClN4O3/c1-15-25-19-7-5-16(13-20(19)26-15)22(29)28-10-4-3-9-27(2)23(30)18-14-17(24)6-8-21(18)31-12-11-28/h5-8,13-14H,3-4,9-12H2,1-2H3,(H,25,26). The highest BCUT2D eigenvalue weighted by Crippen LogP contribution is 2.25. The van der Waals surface area contributed by atoms with Gasteiger partial charge in [-0.25, -0.2) is 4.98 Å². The van der Waals surface area contributed by atoms with Crippen molar-refractivity contribution in [1.82, 2.24) is 19.8 Å². The molecule has 0 bridgehead atoms. The molecule has 2 amide bonds. The highest BCUT2D eigenvalue weighted by Gasteiger charge is 2.21. The third kappa shape index (κ3) is 4.66. The second-order valence-electron chi connectivity index (χ2n) is 7.77. The van der Waals surface area contributed by atoms with Crippen molar-refractivity contribution in [2.75, 3.05) is 33.3 Å². The lowest BCUT2D eigenvalue weighted by atomic mass is 10.1. The number of carbonyl (C=O) groups excluding carboxylic acids is 2. The summed E-state index contributed by atoms with van der Waals surface area (Å²) in [5.41, 5.74) is 2.74. The van der Waals surface area contributed by atoms with E-state index in [4.69, 9.17) is 16.3 Å². The lowest BCUT2D eigenvalue weighted by Crippen LogP contribution is -2.37. The van der Waals surface area contributed by atoms with E-state index in [0.29, 0.717) is 41.5 Å². The second kappa shape index (κ2) is 8.98. The van der Waals surface area contributed by atoms with Crippen LogP contribution in [0.1, 0.15) is 39.4 Å². The molecule has 1 aromatic heterocycles. The Balaban J connectivity index is 1.56. The Bertz CT molecular complexity index is 1130. The van der Waals surface area contributed by atoms with Crippen LogP contribution in [0, 0.1) is 6.92 Å². The van der Waals surface area contributed by atoms with Gasteiger partial charge in [-0.15, -0.1) is 0 Å². The zero-order valence-corrected chi connectivity index (χ0v) is 18.4. The van der Waals surface area contributed by atoms with Crippen molar-refractivity contribution in [2.24, 2.45) is 0 Å². The van der Waals surface area contributed by atoms with Gasteiger partial charge in [0.15, 0.2) is 0 Å². The Hall–Kier alpha value is -3.06. The number of aromatic amines is 1. The minimum Gasteiger partial charge on any atom is -0.491 e. The van der Waals surface area contributed by atoms with Crippen molar-refractivity contribution in [2.45, 2.75) is 19.8 Å². The first-order valence-corrected chi connectivity index (χ1v) is 10.7. The number of ether oxygens (including phenoxy) is 1. The first kappa shape index (κ1) is 21.2. The summed E-state index contributed by atoms with van der Waals surface area (Å²) in [5.74, 6) is 1.13. The number of nitrogens with one attached hydrogen (secondary N) is 1. The molecule has 1 N–H and O–H groups in total. The molecule has 0 unspecified atom stereocenters. The van der Waals surface area contributed by atoms with Gasteiger partial charge in [0.05, 0.1) is 23.1 Å². The van der Waals surface area contributed by atoms with Crippen LogP contribution in [0.25, 0.3) is 11.0 Å². The summed E-state index contributed by atoms with van der Waals surface area (Å²) in [5, 5.41) is 0.484. The molecule has 2 aromatic carbocycles. The quantitative estimate of drug-likeness (QED) is 0.622. The summed E-state index contributed by atoms with van der Waals surface area (Å²) in [4.78, 5) is 37.1. The molecule has 7 nitrogen and oxygen atoms in total. The molecule has 4 rings (SSSR count). The largest absolute Gasteiger partial charge is 0.491 e. The SMILES string of the molecule is Cc1nc2ccc(C(=O)N3CCCCN(C)C(=O)c4cc(Cl)ccc4OCC3)cc2[nH]1. The van der Waals surface area contributed by atoms with Crippen LogP contribution in [0.2, 0.25) is 5.02 Å². The smallest absolute Gasteiger partial charge is 0.257 e. The minimum atomic E-state index is -0.117. The Labute approximate surface area is 186 Å². The number of amides is 2. The Morgan fingerprint density at radius 3 is 2.77 bits per heavy atom. The van der Waals surface area contributed by atoms with E-state index < -0.39 is 0 Å². The van der Waals surface area contributed by atoms with Gasteiger partial charge in [-0.05, 0) is 56.2 Å². The molecule has 0 saturated heterocycles. The van der Waals surface area contributed by atoms with Crippen molar-refractivity contribution >= 4 is 34.4 Å². The van der Waals surface area contributed by atoms with Crippen molar-refractivity contribution in [3.05, 3.63) is 58.4 Å². The Morgan fingerprint density at radius 1 is 1.13 bits per heavy atom. The van der Waals surface area contributed by atoms with Gasteiger partial charge in [0.1, 0.15) is 18.2 Å². The zero-order chi connectivity index (χ0) is 22.0. The van der Waals surface area contributed by atoms with E-state index in [1.165, 1.54) is 0 Å². The topological polar surface area (TPSA) is 78.5 Å². The molecule has 2 heterocycles. The maximum Gasteiger partial charge on any atom is 0.257 e. The van der Waals surface area contributed by atoms with Crippen LogP contribution in [-0.4, -0.2) is 64.9 Å². The summed E-state index contributed by atoms with van der Waals surface area (Å²) in [7, 11) is 1.77. The molecule has 0 radical (unpaired) electrons. The number of nitrogens with zero attached hydrogens (tertiary/aromatic N) is 3. The molecule has 0 saturated carbocycles. The highest BCUT2D eigenvalue weighted by molar-refractivity contribution is 6.31. The number of hydrogen-bond donors (Lipinski definition) is 1. The summed E-state index contributed by atoms with van der Waals surface area (Å²) in [6, 6.07) is 10.6. The number of rotatable bonds is 1. The van der Waals surface area contributed by atoms with Gasteiger partial charge in [-0.1, -0.05) is 11.6 Å². The van der Waals surface area contributed by atoms with Crippen LogP contribution >= 0.6 is 11.6 Å². The number of fused-ring (bicyclic) bond motifs is 2. The number of aryl methyl sites for hydroxylation is 1. The second-order valence-corrected chi connectivity index (χ2v) is 8.21. The summed E-state index contributed by atoms with van der Waals surface area (Å²) in [6.45, 7) is 3.78. The Kier molecular flexibility index (Phi) is 6.13. The van der Waals surface area contributed by atoms with E-state index in [2.05, 4.69) is 9.97 Å². The van der Waals surface area contributed by atoms with E-state index in [-0.39, 0.29) is 18.4 Å². The predicted molar refractivity (Wildman–Crippen MR) is 120 cm³/mol. The van der Waals surface area contributed by atoms with Crippen molar-refractivity contribution in [1.29, 1.82) is 0 Å². The van der Waals surface area contributed by atoms with E-state index in [0.717, 1.165) is 29.7 Å². The molecule has 0 spiro atoms. The number of aromatic nitrogens is 2. The monoisotopic (exact) mass is 440 g/mol. The number of benzene rings is 2. The molecular formula is C23H25ClN4O3. The van der Waals surface area contributed by atoms with Crippen LogP contribution < -0.4 is 4.74 Å². The zero-order valence-electron chi connectivity index (χ0n) is 17.7. The van der Waals surface area contributed by atoms with Crippen molar-refractivity contribution in [3.8, 4) is 5.75 Å². The van der Waals surface area contributed by atoms with Gasteiger partial charge in [0.25, 0.3) is 11.8 Å². The van der Waals surface area contributed by atoms with Gasteiger partial charge in [0, 0.05) is 30.7 Å². The van der Waals surface area contributed by atoms with E-state index in [9.17, 15) is 9.59 Å². The maximum absolute atomic E-state index is 13.2. The van der Waals surface area contributed by atoms with Gasteiger partial charge in [-0.3, -0.25) is 9.59 Å².